The molecule has 2 rings (SSSR count). The summed E-state index contributed by atoms with van der Waals surface area (Å²) >= 11 is 7.68. The molecule has 0 aliphatic rings. The predicted octanol–water partition coefficient (Wildman–Crippen LogP) is 4.38. The van der Waals surface area contributed by atoms with E-state index >= 15 is 0 Å². The largest absolute Gasteiger partial charge is 0.494 e. The van der Waals surface area contributed by atoms with Gasteiger partial charge in [0.25, 0.3) is 5.22 Å². The van der Waals surface area contributed by atoms with Crippen LogP contribution in [0.4, 0.5) is 0 Å². The highest BCUT2D eigenvalue weighted by atomic mass is 79.9. The maximum absolute atomic E-state index is 11.5. The Morgan fingerprint density at radius 1 is 1.39 bits per heavy atom. The van der Waals surface area contributed by atoms with E-state index in [1.807, 2.05) is 6.92 Å². The molecule has 122 valence electrons. The highest BCUT2D eigenvalue weighted by Gasteiger charge is 2.16. The van der Waals surface area contributed by atoms with Gasteiger partial charge in [0.05, 0.1) is 16.1 Å². The minimum Gasteiger partial charge on any atom is -0.494 e. The molecule has 0 unspecified atom stereocenters. The van der Waals surface area contributed by atoms with Gasteiger partial charge in [0.15, 0.2) is 0 Å². The SMILES string of the molecule is CCc1nnc(S/C(=C\c2cc(Br)c(OC)c(Br)c2)C(=O)O)o1. The molecule has 1 N–H and O–H groups in total. The number of hydrogen-bond donors (Lipinski definition) is 1. The highest BCUT2D eigenvalue weighted by Crippen LogP contribution is 2.36. The maximum Gasteiger partial charge on any atom is 0.342 e. The van der Waals surface area contributed by atoms with Gasteiger partial charge >= 0.3 is 5.97 Å². The fourth-order valence-corrected chi connectivity index (χ4v) is 3.90. The first-order valence-corrected chi connectivity index (χ1v) is 8.83. The standard InChI is InChI=1S/C14H12Br2N2O4S/c1-3-11-17-18-14(22-11)23-10(13(19)20)6-7-4-8(15)12(21-2)9(16)5-7/h4-6H,3H2,1-2H3,(H,19,20)/b10-6-. The molecule has 1 aromatic carbocycles. The minimum atomic E-state index is -1.07. The van der Waals surface area contributed by atoms with E-state index in [9.17, 15) is 9.90 Å². The van der Waals surface area contributed by atoms with Gasteiger partial charge in [0, 0.05) is 6.42 Å². The molecule has 9 heteroatoms. The molecule has 0 bridgehead atoms. The number of benzene rings is 1. The number of rotatable bonds is 6. The van der Waals surface area contributed by atoms with Crippen LogP contribution in [0.15, 0.2) is 35.6 Å². The zero-order valence-corrected chi connectivity index (χ0v) is 16.2. The van der Waals surface area contributed by atoms with Gasteiger partial charge in [-0.2, -0.15) is 0 Å². The summed E-state index contributed by atoms with van der Waals surface area (Å²) in [6.07, 6.45) is 2.12. The van der Waals surface area contributed by atoms with Crippen LogP contribution in [0.5, 0.6) is 5.75 Å². The quantitative estimate of drug-likeness (QED) is 0.502. The average Bonchev–Trinajstić information content (AvgIpc) is 2.94. The lowest BCUT2D eigenvalue weighted by atomic mass is 10.2. The second-order valence-electron chi connectivity index (χ2n) is 4.25. The number of hydrogen-bond acceptors (Lipinski definition) is 6. The summed E-state index contributed by atoms with van der Waals surface area (Å²) in [5, 5.41) is 17.2. The molecule has 0 radical (unpaired) electrons. The van der Waals surface area contributed by atoms with Crippen molar-refractivity contribution in [3.8, 4) is 5.75 Å². The second-order valence-corrected chi connectivity index (χ2v) is 6.95. The number of aryl methyl sites for hydroxylation is 1. The smallest absolute Gasteiger partial charge is 0.342 e. The van der Waals surface area contributed by atoms with Crippen LogP contribution in [0.25, 0.3) is 6.08 Å². The molecule has 0 saturated heterocycles. The first-order valence-electron chi connectivity index (χ1n) is 6.42. The zero-order chi connectivity index (χ0) is 17.0. The van der Waals surface area contributed by atoms with E-state index in [2.05, 4.69) is 42.1 Å². The van der Waals surface area contributed by atoms with Crippen LogP contribution in [0.1, 0.15) is 18.4 Å². The monoisotopic (exact) mass is 462 g/mol. The third-order valence-electron chi connectivity index (χ3n) is 2.68. The van der Waals surface area contributed by atoms with Gasteiger partial charge in [-0.3, -0.25) is 0 Å². The van der Waals surface area contributed by atoms with Crippen molar-refractivity contribution in [2.75, 3.05) is 7.11 Å². The van der Waals surface area contributed by atoms with Crippen LogP contribution in [-0.2, 0) is 11.2 Å². The number of nitrogens with zero attached hydrogens (tertiary/aromatic N) is 2. The summed E-state index contributed by atoms with van der Waals surface area (Å²) in [5.41, 5.74) is 0.685. The third kappa shape index (κ3) is 4.58. The van der Waals surface area contributed by atoms with Crippen molar-refractivity contribution < 1.29 is 19.1 Å². The Kier molecular flexibility index (Phi) is 6.25. The van der Waals surface area contributed by atoms with E-state index in [1.54, 1.807) is 19.2 Å². The topological polar surface area (TPSA) is 85.5 Å². The maximum atomic E-state index is 11.5. The Morgan fingerprint density at radius 2 is 2.04 bits per heavy atom. The number of halogens is 2. The van der Waals surface area contributed by atoms with E-state index in [1.165, 1.54) is 6.08 Å². The summed E-state index contributed by atoms with van der Waals surface area (Å²) in [5.74, 6) is 0.0256. The number of ether oxygens (including phenoxy) is 1. The molecule has 2 aromatic rings. The molecule has 23 heavy (non-hydrogen) atoms. The third-order valence-corrected chi connectivity index (χ3v) is 4.71. The number of aliphatic carboxylic acids is 1. The Morgan fingerprint density at radius 3 is 2.52 bits per heavy atom. The van der Waals surface area contributed by atoms with Gasteiger partial charge in [0.2, 0.25) is 5.89 Å². The molecule has 0 atom stereocenters. The summed E-state index contributed by atoms with van der Waals surface area (Å²) in [6.45, 7) is 1.88. The van der Waals surface area contributed by atoms with E-state index in [0.29, 0.717) is 32.6 Å². The number of carboxylic acid groups (broad SMARTS) is 1. The van der Waals surface area contributed by atoms with Gasteiger partial charge < -0.3 is 14.3 Å². The van der Waals surface area contributed by atoms with Crippen molar-refractivity contribution in [1.29, 1.82) is 0 Å². The lowest BCUT2D eigenvalue weighted by Gasteiger charge is -2.07. The van der Waals surface area contributed by atoms with Crippen molar-refractivity contribution in [2.24, 2.45) is 0 Å². The summed E-state index contributed by atoms with van der Waals surface area (Å²) in [4.78, 5) is 11.5. The molecule has 0 fully saturated rings. The van der Waals surface area contributed by atoms with Crippen LogP contribution in [-0.4, -0.2) is 28.4 Å². The predicted molar refractivity (Wildman–Crippen MR) is 93.5 cm³/mol. The van der Waals surface area contributed by atoms with Gasteiger partial charge in [0.1, 0.15) is 10.7 Å². The molecule has 0 aliphatic heterocycles. The van der Waals surface area contributed by atoms with E-state index < -0.39 is 5.97 Å². The van der Waals surface area contributed by atoms with Gasteiger partial charge in [-0.15, -0.1) is 10.2 Å². The van der Waals surface area contributed by atoms with Gasteiger partial charge in [-0.05, 0) is 67.4 Å². The Bertz CT molecular complexity index is 738. The summed E-state index contributed by atoms with van der Waals surface area (Å²) in [6, 6.07) is 3.52. The lowest BCUT2D eigenvalue weighted by Crippen LogP contribution is -1.97. The zero-order valence-electron chi connectivity index (χ0n) is 12.2. The van der Waals surface area contributed by atoms with E-state index in [4.69, 9.17) is 9.15 Å². The molecule has 0 amide bonds. The molecule has 1 heterocycles. The highest BCUT2D eigenvalue weighted by molar-refractivity contribution is 9.11. The first kappa shape index (κ1) is 18.0. The van der Waals surface area contributed by atoms with E-state index in [-0.39, 0.29) is 10.1 Å². The van der Waals surface area contributed by atoms with Crippen LogP contribution in [0, 0.1) is 0 Å². The van der Waals surface area contributed by atoms with Crippen molar-refractivity contribution in [3.05, 3.63) is 37.4 Å². The fraction of sp³-hybridized carbons (Fsp3) is 0.214. The Labute approximate surface area is 153 Å². The van der Waals surface area contributed by atoms with E-state index in [0.717, 1.165) is 11.8 Å². The minimum absolute atomic E-state index is 0.0697. The van der Waals surface area contributed by atoms with Gasteiger partial charge in [-0.25, -0.2) is 4.79 Å². The van der Waals surface area contributed by atoms with Crippen molar-refractivity contribution >= 4 is 55.7 Å². The molecular weight excluding hydrogens is 452 g/mol. The van der Waals surface area contributed by atoms with Crippen molar-refractivity contribution in [3.63, 3.8) is 0 Å². The molecule has 6 nitrogen and oxygen atoms in total. The molecule has 1 aromatic heterocycles. The number of carbonyl (C=O) groups is 1. The van der Waals surface area contributed by atoms with Gasteiger partial charge in [-0.1, -0.05) is 6.92 Å². The van der Waals surface area contributed by atoms with Crippen molar-refractivity contribution in [2.45, 2.75) is 18.6 Å². The van der Waals surface area contributed by atoms with Crippen molar-refractivity contribution in [1.82, 2.24) is 10.2 Å². The second kappa shape index (κ2) is 7.98. The average molecular weight is 464 g/mol. The number of thioether (sulfide) groups is 1. The fourth-order valence-electron chi connectivity index (χ4n) is 1.66. The normalized spacial score (nSPS) is 11.6. The molecule has 0 spiro atoms. The van der Waals surface area contributed by atoms with Crippen LogP contribution >= 0.6 is 43.6 Å². The van der Waals surface area contributed by atoms with Crippen LogP contribution in [0.3, 0.4) is 0 Å². The summed E-state index contributed by atoms with van der Waals surface area (Å²) in [7, 11) is 1.56. The molecule has 0 saturated carbocycles. The Balaban J connectivity index is 2.33. The first-order chi connectivity index (χ1) is 10.9. The summed E-state index contributed by atoms with van der Waals surface area (Å²) < 4.78 is 12.0. The molecular formula is C14H12Br2N2O4S. The molecule has 0 aliphatic carbocycles. The van der Waals surface area contributed by atoms with Crippen LogP contribution in [0.2, 0.25) is 0 Å². The number of carboxylic acids is 1. The lowest BCUT2D eigenvalue weighted by molar-refractivity contribution is -0.131. The van der Waals surface area contributed by atoms with Crippen LogP contribution < -0.4 is 4.74 Å². The number of aromatic nitrogens is 2. The number of methoxy groups -OCH3 is 1. The Hall–Kier alpha value is -1.32.